The smallest absolute Gasteiger partial charge is 0.242 e. The van der Waals surface area contributed by atoms with E-state index in [0.717, 1.165) is 32.4 Å². The van der Waals surface area contributed by atoms with Crippen molar-refractivity contribution in [1.29, 1.82) is 0 Å². The molecule has 3 heteroatoms. The Bertz CT molecular complexity index is 203. The zero-order valence-corrected chi connectivity index (χ0v) is 8.31. The van der Waals surface area contributed by atoms with Gasteiger partial charge >= 0.3 is 0 Å². The Kier molecular flexibility index (Phi) is 2.28. The Labute approximate surface area is 79.5 Å². The van der Waals surface area contributed by atoms with Gasteiger partial charge in [-0.25, -0.2) is 0 Å². The van der Waals surface area contributed by atoms with Crippen molar-refractivity contribution in [3.05, 3.63) is 0 Å². The molecule has 3 nitrogen and oxygen atoms in total. The first-order chi connectivity index (χ1) is 6.25. The van der Waals surface area contributed by atoms with Gasteiger partial charge < -0.3 is 10.2 Å². The first-order valence-corrected chi connectivity index (χ1v) is 5.25. The summed E-state index contributed by atoms with van der Waals surface area (Å²) in [6, 6.07) is 0. The van der Waals surface area contributed by atoms with E-state index in [4.69, 9.17) is 0 Å². The summed E-state index contributed by atoms with van der Waals surface area (Å²) >= 11 is 0. The van der Waals surface area contributed by atoms with E-state index < -0.39 is 0 Å². The van der Waals surface area contributed by atoms with Gasteiger partial charge in [0.05, 0.1) is 5.54 Å². The highest BCUT2D eigenvalue weighted by atomic mass is 16.2. The average Bonchev–Trinajstić information content (AvgIpc) is 2.16. The van der Waals surface area contributed by atoms with Crippen molar-refractivity contribution in [2.75, 3.05) is 20.1 Å². The summed E-state index contributed by atoms with van der Waals surface area (Å²) in [5.74, 6) is 0.318. The minimum atomic E-state index is -0.175. The molecule has 0 aromatic heterocycles. The monoisotopic (exact) mass is 182 g/mol. The topological polar surface area (TPSA) is 32.3 Å². The molecule has 1 atom stereocenters. The first-order valence-electron chi connectivity index (χ1n) is 5.25. The van der Waals surface area contributed by atoms with E-state index in [1.54, 1.807) is 0 Å². The summed E-state index contributed by atoms with van der Waals surface area (Å²) < 4.78 is 0. The number of nitrogens with zero attached hydrogens (tertiary/aromatic N) is 1. The Morgan fingerprint density at radius 3 is 2.77 bits per heavy atom. The van der Waals surface area contributed by atoms with Gasteiger partial charge in [0.1, 0.15) is 0 Å². The molecule has 0 aromatic carbocycles. The number of likely N-dealkylation sites (tertiary alicyclic amines) is 1. The van der Waals surface area contributed by atoms with Gasteiger partial charge in [-0.15, -0.1) is 0 Å². The van der Waals surface area contributed by atoms with E-state index in [1.165, 1.54) is 12.8 Å². The molecule has 13 heavy (non-hydrogen) atoms. The van der Waals surface area contributed by atoms with Crippen molar-refractivity contribution in [2.45, 2.75) is 37.6 Å². The summed E-state index contributed by atoms with van der Waals surface area (Å²) in [5, 5.41) is 3.42. The van der Waals surface area contributed by atoms with Crippen LogP contribution < -0.4 is 5.32 Å². The maximum atomic E-state index is 12.0. The van der Waals surface area contributed by atoms with Gasteiger partial charge in [-0.2, -0.15) is 0 Å². The summed E-state index contributed by atoms with van der Waals surface area (Å²) in [6.07, 6.45) is 5.65. The number of hydrogen-bond donors (Lipinski definition) is 1. The number of nitrogens with one attached hydrogen (secondary N) is 1. The maximum absolute atomic E-state index is 12.0. The molecule has 0 aliphatic carbocycles. The van der Waals surface area contributed by atoms with Crippen molar-refractivity contribution in [2.24, 2.45) is 0 Å². The van der Waals surface area contributed by atoms with Crippen LogP contribution in [0.3, 0.4) is 0 Å². The molecule has 0 saturated carbocycles. The van der Waals surface area contributed by atoms with Gasteiger partial charge in [-0.1, -0.05) is 0 Å². The van der Waals surface area contributed by atoms with Crippen LogP contribution >= 0.6 is 0 Å². The maximum Gasteiger partial charge on any atom is 0.242 e. The summed E-state index contributed by atoms with van der Waals surface area (Å²) in [5.41, 5.74) is -0.175. The fourth-order valence-electron chi connectivity index (χ4n) is 2.56. The third kappa shape index (κ3) is 1.46. The quantitative estimate of drug-likeness (QED) is 0.599. The third-order valence-electron chi connectivity index (χ3n) is 3.35. The van der Waals surface area contributed by atoms with Gasteiger partial charge in [-0.05, 0) is 38.6 Å². The van der Waals surface area contributed by atoms with Crippen LogP contribution in [0.5, 0.6) is 0 Å². The predicted molar refractivity (Wildman–Crippen MR) is 51.5 cm³/mol. The Morgan fingerprint density at radius 2 is 2.08 bits per heavy atom. The van der Waals surface area contributed by atoms with Gasteiger partial charge in [0.2, 0.25) is 5.91 Å². The van der Waals surface area contributed by atoms with Crippen LogP contribution in [0, 0.1) is 0 Å². The van der Waals surface area contributed by atoms with Crippen LogP contribution in [0.25, 0.3) is 0 Å². The Morgan fingerprint density at radius 1 is 1.31 bits per heavy atom. The molecule has 74 valence electrons. The highest BCUT2D eigenvalue weighted by Gasteiger charge is 2.42. The number of hydrogen-bond acceptors (Lipinski definition) is 2. The lowest BCUT2D eigenvalue weighted by atomic mass is 9.81. The highest BCUT2D eigenvalue weighted by molar-refractivity contribution is 5.87. The molecule has 2 saturated heterocycles. The fraction of sp³-hybridized carbons (Fsp3) is 0.900. The molecule has 1 N–H and O–H groups in total. The highest BCUT2D eigenvalue weighted by Crippen LogP contribution is 2.29. The summed E-state index contributed by atoms with van der Waals surface area (Å²) in [6.45, 7) is 1.95. The van der Waals surface area contributed by atoms with E-state index in [1.807, 2.05) is 11.9 Å². The fourth-order valence-corrected chi connectivity index (χ4v) is 2.56. The van der Waals surface area contributed by atoms with Crippen LogP contribution in [0.1, 0.15) is 32.1 Å². The molecule has 2 aliphatic heterocycles. The van der Waals surface area contributed by atoms with Gasteiger partial charge in [0.25, 0.3) is 0 Å². The molecular formula is C10H18N2O. The van der Waals surface area contributed by atoms with Gasteiger partial charge in [-0.3, -0.25) is 4.79 Å². The third-order valence-corrected chi connectivity index (χ3v) is 3.35. The molecule has 1 amide bonds. The number of likely N-dealkylation sites (N-methyl/N-ethyl adjacent to an activating group) is 1. The molecule has 2 heterocycles. The van der Waals surface area contributed by atoms with Gasteiger partial charge in [0, 0.05) is 13.6 Å². The standard InChI is InChI=1S/C10H18N2O/c1-12-8-4-6-10(9(12)13)5-2-3-7-11-10/h11H,2-8H2,1H3. The minimum absolute atomic E-state index is 0.175. The number of amides is 1. The number of carbonyl (C=O) groups excluding carboxylic acids is 1. The lowest BCUT2D eigenvalue weighted by molar-refractivity contribution is -0.141. The molecule has 1 unspecified atom stereocenters. The molecule has 0 aromatic rings. The number of carbonyl (C=O) groups is 1. The zero-order valence-electron chi connectivity index (χ0n) is 8.31. The van der Waals surface area contributed by atoms with E-state index >= 15 is 0 Å². The molecular weight excluding hydrogens is 164 g/mol. The second kappa shape index (κ2) is 3.29. The molecule has 0 radical (unpaired) electrons. The zero-order chi connectivity index (χ0) is 9.31. The van der Waals surface area contributed by atoms with Crippen molar-refractivity contribution in [1.82, 2.24) is 10.2 Å². The van der Waals surface area contributed by atoms with Crippen molar-refractivity contribution >= 4 is 5.91 Å². The minimum Gasteiger partial charge on any atom is -0.344 e. The van der Waals surface area contributed by atoms with Crippen molar-refractivity contribution in [3.8, 4) is 0 Å². The first kappa shape index (κ1) is 9.00. The van der Waals surface area contributed by atoms with Crippen LogP contribution in [0.4, 0.5) is 0 Å². The van der Waals surface area contributed by atoms with Crippen LogP contribution in [0.2, 0.25) is 0 Å². The SMILES string of the molecule is CN1CCCC2(CCCCN2)C1=O. The second-order valence-corrected chi connectivity index (χ2v) is 4.30. The van der Waals surface area contributed by atoms with Crippen molar-refractivity contribution < 1.29 is 4.79 Å². The summed E-state index contributed by atoms with van der Waals surface area (Å²) in [7, 11) is 1.92. The summed E-state index contributed by atoms with van der Waals surface area (Å²) in [4.78, 5) is 13.8. The molecule has 2 fully saturated rings. The lowest BCUT2D eigenvalue weighted by Crippen LogP contribution is -2.61. The normalized spacial score (nSPS) is 35.5. The average molecular weight is 182 g/mol. The second-order valence-electron chi connectivity index (χ2n) is 4.30. The van der Waals surface area contributed by atoms with Gasteiger partial charge in [0.15, 0.2) is 0 Å². The van der Waals surface area contributed by atoms with E-state index in [9.17, 15) is 4.79 Å². The molecule has 0 bridgehead atoms. The van der Waals surface area contributed by atoms with E-state index in [-0.39, 0.29) is 5.54 Å². The molecule has 2 aliphatic rings. The Balaban J connectivity index is 2.14. The van der Waals surface area contributed by atoms with E-state index in [0.29, 0.717) is 5.91 Å². The molecule has 1 spiro atoms. The Hall–Kier alpha value is -0.570. The van der Waals surface area contributed by atoms with Crippen LogP contribution in [-0.2, 0) is 4.79 Å². The van der Waals surface area contributed by atoms with E-state index in [2.05, 4.69) is 5.32 Å². The largest absolute Gasteiger partial charge is 0.344 e. The van der Waals surface area contributed by atoms with Crippen molar-refractivity contribution in [3.63, 3.8) is 0 Å². The lowest BCUT2D eigenvalue weighted by Gasteiger charge is -2.43. The predicted octanol–water partition coefficient (Wildman–Crippen LogP) is 0.751. The number of piperidine rings is 2. The molecule has 2 rings (SSSR count). The van der Waals surface area contributed by atoms with Crippen LogP contribution in [0.15, 0.2) is 0 Å². The number of rotatable bonds is 0. The van der Waals surface area contributed by atoms with Crippen LogP contribution in [-0.4, -0.2) is 36.5 Å².